The summed E-state index contributed by atoms with van der Waals surface area (Å²) in [6.45, 7) is 5.42. The molecular formula is C21H26N4OS. The maximum Gasteiger partial charge on any atom is 0.261 e. The molecule has 1 fully saturated rings. The first-order chi connectivity index (χ1) is 13.2. The van der Waals surface area contributed by atoms with E-state index in [2.05, 4.69) is 52.7 Å². The number of hydrogen-bond donors (Lipinski definition) is 1. The fraction of sp³-hybridized carbons (Fsp3) is 0.429. The average molecular weight is 383 g/mol. The minimum Gasteiger partial charge on any atom is -0.349 e. The first kappa shape index (κ1) is 18.2. The van der Waals surface area contributed by atoms with Gasteiger partial charge in [-0.1, -0.05) is 31.2 Å². The second kappa shape index (κ2) is 8.23. The number of carbonyl (C=O) groups is 1. The van der Waals surface area contributed by atoms with Crippen LogP contribution in [0.25, 0.3) is 11.1 Å². The number of allylic oxidation sites excluding steroid dienone is 4. The molecule has 1 unspecified atom stereocenters. The van der Waals surface area contributed by atoms with Gasteiger partial charge in [0, 0.05) is 30.9 Å². The highest BCUT2D eigenvalue weighted by Gasteiger charge is 2.21. The molecular weight excluding hydrogens is 356 g/mol. The Morgan fingerprint density at radius 3 is 2.89 bits per heavy atom. The Kier molecular flexibility index (Phi) is 5.55. The Hall–Kier alpha value is -2.18. The molecule has 2 aliphatic rings. The van der Waals surface area contributed by atoms with Gasteiger partial charge < -0.3 is 10.2 Å². The lowest BCUT2D eigenvalue weighted by Crippen LogP contribution is -2.44. The van der Waals surface area contributed by atoms with E-state index >= 15 is 0 Å². The number of nitrogens with one attached hydrogen (secondary N) is 1. The Bertz CT molecular complexity index is 842. The van der Waals surface area contributed by atoms with E-state index in [9.17, 15) is 4.79 Å². The van der Waals surface area contributed by atoms with Gasteiger partial charge in [-0.05, 0) is 42.8 Å². The summed E-state index contributed by atoms with van der Waals surface area (Å²) in [6, 6.07) is 2.55. The number of amides is 1. The summed E-state index contributed by atoms with van der Waals surface area (Å²) in [4.78, 5) is 15.8. The van der Waals surface area contributed by atoms with Crippen LogP contribution >= 0.6 is 11.3 Å². The van der Waals surface area contributed by atoms with Crippen LogP contribution in [0.1, 0.15) is 41.9 Å². The van der Waals surface area contributed by atoms with E-state index in [0.717, 1.165) is 54.9 Å². The zero-order valence-electron chi connectivity index (χ0n) is 15.7. The Balaban J connectivity index is 1.38. The Morgan fingerprint density at radius 2 is 2.15 bits per heavy atom. The quantitative estimate of drug-likeness (QED) is 0.854. The standard InChI is InChI=1S/C21H26N4OS/c1-2-24-10-8-18(9-11-24)23-21(26)20-12-16(15-27-20)17-13-22-25(14-17)19-6-4-3-5-7-19/h3-6,12-15,18-19H,2,7-11H2,1H3,(H,23,26). The third-order valence-corrected chi connectivity index (χ3v) is 6.35. The molecule has 1 aliphatic heterocycles. The number of thiophene rings is 1. The molecule has 2 aromatic rings. The van der Waals surface area contributed by atoms with Crippen LogP contribution in [0, 0.1) is 0 Å². The van der Waals surface area contributed by atoms with Gasteiger partial charge in [0.1, 0.15) is 0 Å². The maximum absolute atomic E-state index is 12.6. The molecule has 1 aliphatic carbocycles. The highest BCUT2D eigenvalue weighted by molar-refractivity contribution is 7.12. The van der Waals surface area contributed by atoms with E-state index in [1.807, 2.05) is 22.3 Å². The van der Waals surface area contributed by atoms with Crippen molar-refractivity contribution in [2.24, 2.45) is 0 Å². The van der Waals surface area contributed by atoms with Gasteiger partial charge >= 0.3 is 0 Å². The zero-order chi connectivity index (χ0) is 18.6. The average Bonchev–Trinajstić information content (AvgIpc) is 3.39. The topological polar surface area (TPSA) is 50.2 Å². The normalized spacial score (nSPS) is 20.9. The molecule has 1 N–H and O–H groups in total. The number of nitrogens with zero attached hydrogens (tertiary/aromatic N) is 3. The van der Waals surface area contributed by atoms with Crippen LogP contribution in [0.2, 0.25) is 0 Å². The Labute approximate surface area is 164 Å². The molecule has 1 saturated heterocycles. The lowest BCUT2D eigenvalue weighted by Gasteiger charge is -2.31. The van der Waals surface area contributed by atoms with Crippen molar-refractivity contribution in [3.63, 3.8) is 0 Å². The largest absolute Gasteiger partial charge is 0.349 e. The Morgan fingerprint density at radius 1 is 1.30 bits per heavy atom. The number of hydrogen-bond acceptors (Lipinski definition) is 4. The molecule has 0 bridgehead atoms. The second-order valence-corrected chi connectivity index (χ2v) is 8.12. The van der Waals surface area contributed by atoms with Crippen LogP contribution < -0.4 is 5.32 Å². The third-order valence-electron chi connectivity index (χ3n) is 5.43. The van der Waals surface area contributed by atoms with Crippen molar-refractivity contribution in [1.82, 2.24) is 20.0 Å². The molecule has 2 aromatic heterocycles. The summed E-state index contributed by atoms with van der Waals surface area (Å²) in [5.41, 5.74) is 2.12. The van der Waals surface area contributed by atoms with E-state index in [4.69, 9.17) is 0 Å². The first-order valence-electron chi connectivity index (χ1n) is 9.72. The molecule has 1 amide bonds. The summed E-state index contributed by atoms with van der Waals surface area (Å²) in [5.74, 6) is 0.0499. The summed E-state index contributed by atoms with van der Waals surface area (Å²) in [7, 11) is 0. The zero-order valence-corrected chi connectivity index (χ0v) is 16.5. The number of carbonyl (C=O) groups excluding carboxylic acids is 1. The van der Waals surface area contributed by atoms with Crippen molar-refractivity contribution in [2.75, 3.05) is 19.6 Å². The molecule has 6 heteroatoms. The monoisotopic (exact) mass is 382 g/mol. The van der Waals surface area contributed by atoms with Gasteiger partial charge in [0.2, 0.25) is 0 Å². The van der Waals surface area contributed by atoms with Crippen molar-refractivity contribution in [2.45, 2.75) is 38.3 Å². The predicted octanol–water partition coefficient (Wildman–Crippen LogP) is 3.88. The minimum atomic E-state index is 0.0499. The highest BCUT2D eigenvalue weighted by atomic mass is 32.1. The fourth-order valence-corrected chi connectivity index (χ4v) is 4.51. The molecule has 1 atom stereocenters. The van der Waals surface area contributed by atoms with E-state index in [0.29, 0.717) is 6.04 Å². The second-order valence-electron chi connectivity index (χ2n) is 7.21. The van der Waals surface area contributed by atoms with Gasteiger partial charge in [-0.15, -0.1) is 11.3 Å². The van der Waals surface area contributed by atoms with Crippen LogP contribution in [0.15, 0.2) is 48.1 Å². The number of piperidine rings is 1. The number of rotatable bonds is 5. The van der Waals surface area contributed by atoms with Crippen LogP contribution in [-0.4, -0.2) is 46.3 Å². The van der Waals surface area contributed by atoms with E-state index in [1.165, 1.54) is 11.3 Å². The van der Waals surface area contributed by atoms with E-state index in [1.54, 1.807) is 0 Å². The van der Waals surface area contributed by atoms with Crippen LogP contribution in [-0.2, 0) is 0 Å². The molecule has 3 heterocycles. The number of aromatic nitrogens is 2. The van der Waals surface area contributed by atoms with Crippen molar-refractivity contribution in [3.05, 3.63) is 53.0 Å². The van der Waals surface area contributed by atoms with Gasteiger partial charge in [-0.25, -0.2) is 0 Å². The van der Waals surface area contributed by atoms with Crippen molar-refractivity contribution in [3.8, 4) is 11.1 Å². The third kappa shape index (κ3) is 4.22. The fourth-order valence-electron chi connectivity index (χ4n) is 3.69. The maximum atomic E-state index is 12.6. The molecule has 142 valence electrons. The van der Waals surface area contributed by atoms with Gasteiger partial charge in [0.05, 0.1) is 17.1 Å². The van der Waals surface area contributed by atoms with Crippen LogP contribution in [0.5, 0.6) is 0 Å². The molecule has 4 rings (SSSR count). The lowest BCUT2D eigenvalue weighted by atomic mass is 10.1. The summed E-state index contributed by atoms with van der Waals surface area (Å²) in [6.07, 6.45) is 15.4. The van der Waals surface area contributed by atoms with Gasteiger partial charge in [0.25, 0.3) is 5.91 Å². The SMILES string of the molecule is CCN1CCC(NC(=O)c2cc(-c3cnn(C4C=CC=CC4)c3)cs2)CC1. The van der Waals surface area contributed by atoms with Crippen LogP contribution in [0.3, 0.4) is 0 Å². The van der Waals surface area contributed by atoms with Gasteiger partial charge in [-0.2, -0.15) is 5.10 Å². The van der Waals surface area contributed by atoms with Crippen molar-refractivity contribution in [1.29, 1.82) is 0 Å². The van der Waals surface area contributed by atoms with Gasteiger partial charge in [0.15, 0.2) is 0 Å². The smallest absolute Gasteiger partial charge is 0.261 e. The summed E-state index contributed by atoms with van der Waals surface area (Å²) < 4.78 is 1.99. The van der Waals surface area contributed by atoms with E-state index in [-0.39, 0.29) is 11.9 Å². The first-order valence-corrected chi connectivity index (χ1v) is 10.6. The molecule has 27 heavy (non-hydrogen) atoms. The highest BCUT2D eigenvalue weighted by Crippen LogP contribution is 2.27. The van der Waals surface area contributed by atoms with Gasteiger partial charge in [-0.3, -0.25) is 9.48 Å². The minimum absolute atomic E-state index is 0.0499. The molecule has 0 radical (unpaired) electrons. The molecule has 0 saturated carbocycles. The summed E-state index contributed by atoms with van der Waals surface area (Å²) in [5, 5.41) is 9.77. The molecule has 0 spiro atoms. The van der Waals surface area contributed by atoms with Crippen molar-refractivity contribution < 1.29 is 4.79 Å². The molecule has 0 aromatic carbocycles. The lowest BCUT2D eigenvalue weighted by molar-refractivity contribution is 0.0917. The number of likely N-dealkylation sites (tertiary alicyclic amines) is 1. The van der Waals surface area contributed by atoms with Crippen LogP contribution in [0.4, 0.5) is 0 Å². The van der Waals surface area contributed by atoms with Crippen molar-refractivity contribution >= 4 is 17.2 Å². The van der Waals surface area contributed by atoms with E-state index < -0.39 is 0 Å². The summed E-state index contributed by atoms with van der Waals surface area (Å²) >= 11 is 1.51. The molecule has 5 nitrogen and oxygen atoms in total. The predicted molar refractivity (Wildman–Crippen MR) is 110 cm³/mol.